The minimum Gasteiger partial charge on any atom is -0.382 e. The minimum atomic E-state index is -0.903. The molecule has 0 saturated heterocycles. The molecule has 0 radical (unpaired) electrons. The summed E-state index contributed by atoms with van der Waals surface area (Å²) in [5.41, 5.74) is 6.96. The van der Waals surface area contributed by atoms with Crippen molar-refractivity contribution < 1.29 is 9.18 Å². The number of carbonyl (C=O) groups is 1. The Labute approximate surface area is 165 Å². The molecular formula is C20H17ClFN5O. The largest absolute Gasteiger partial charge is 0.382 e. The van der Waals surface area contributed by atoms with Gasteiger partial charge in [0.25, 0.3) is 5.91 Å². The third-order valence-corrected chi connectivity index (χ3v) is 4.93. The molecule has 2 aromatic heterocycles. The first kappa shape index (κ1) is 18.2. The molecule has 28 heavy (non-hydrogen) atoms. The highest BCUT2D eigenvalue weighted by Crippen LogP contribution is 2.35. The fourth-order valence-corrected chi connectivity index (χ4v) is 3.45. The summed E-state index contributed by atoms with van der Waals surface area (Å²) in [6.45, 7) is 2.25. The monoisotopic (exact) mass is 397 g/mol. The van der Waals surface area contributed by atoms with Gasteiger partial charge in [0.15, 0.2) is 0 Å². The standard InChI is InChI=1S/C20H17ClFN5O/c1-20(11-27-8-2-3-17(27)18(23)26-20)14-9-13(5-6-15(14)22)25-19(28)16-7-4-12(21)10-24-16/h2-10H,11H2,1H3,(H2,23,26)(H,25,28). The highest BCUT2D eigenvalue weighted by atomic mass is 35.5. The number of hydrogen-bond acceptors (Lipinski definition) is 4. The van der Waals surface area contributed by atoms with Crippen LogP contribution in [-0.4, -0.2) is 21.3 Å². The van der Waals surface area contributed by atoms with E-state index in [9.17, 15) is 9.18 Å². The van der Waals surface area contributed by atoms with Crippen LogP contribution in [0, 0.1) is 5.82 Å². The van der Waals surface area contributed by atoms with Crippen LogP contribution >= 0.6 is 11.6 Å². The van der Waals surface area contributed by atoms with Gasteiger partial charge in [0, 0.05) is 23.6 Å². The number of fused-ring (bicyclic) bond motifs is 1. The van der Waals surface area contributed by atoms with Gasteiger partial charge in [0.05, 0.1) is 17.3 Å². The Balaban J connectivity index is 1.65. The molecule has 1 aromatic carbocycles. The predicted molar refractivity (Wildman–Crippen MR) is 106 cm³/mol. The van der Waals surface area contributed by atoms with Gasteiger partial charge in [-0.15, -0.1) is 0 Å². The van der Waals surface area contributed by atoms with Crippen molar-refractivity contribution in [2.24, 2.45) is 10.7 Å². The molecule has 8 heteroatoms. The first-order valence-electron chi connectivity index (χ1n) is 8.59. The van der Waals surface area contributed by atoms with Crippen molar-refractivity contribution in [3.05, 3.63) is 82.6 Å². The van der Waals surface area contributed by atoms with Gasteiger partial charge in [0.1, 0.15) is 22.9 Å². The number of halogens is 2. The lowest BCUT2D eigenvalue weighted by Crippen LogP contribution is -2.37. The molecule has 1 amide bonds. The maximum atomic E-state index is 14.7. The number of pyridine rings is 1. The summed E-state index contributed by atoms with van der Waals surface area (Å²) in [5, 5.41) is 3.17. The molecule has 0 spiro atoms. The third kappa shape index (κ3) is 3.25. The van der Waals surface area contributed by atoms with E-state index in [2.05, 4.69) is 15.3 Å². The van der Waals surface area contributed by atoms with Gasteiger partial charge in [-0.05, 0) is 49.4 Å². The highest BCUT2D eigenvalue weighted by molar-refractivity contribution is 6.30. The lowest BCUT2D eigenvalue weighted by molar-refractivity contribution is 0.102. The number of rotatable bonds is 3. The second kappa shape index (κ2) is 6.76. The van der Waals surface area contributed by atoms with Gasteiger partial charge in [-0.1, -0.05) is 11.6 Å². The molecule has 3 aromatic rings. The van der Waals surface area contributed by atoms with E-state index in [1.54, 1.807) is 12.1 Å². The SMILES string of the molecule is CC1(c2cc(NC(=O)c3ccc(Cl)cn3)ccc2F)Cn2cccc2C(N)=N1. The Kier molecular flexibility index (Phi) is 4.39. The topological polar surface area (TPSA) is 85.3 Å². The number of amidine groups is 1. The van der Waals surface area contributed by atoms with Crippen LogP contribution in [0.4, 0.5) is 10.1 Å². The number of nitrogens with two attached hydrogens (primary N) is 1. The molecule has 3 N–H and O–H groups in total. The summed E-state index contributed by atoms with van der Waals surface area (Å²) < 4.78 is 16.6. The fraction of sp³-hybridized carbons (Fsp3) is 0.150. The summed E-state index contributed by atoms with van der Waals surface area (Å²) in [6, 6.07) is 11.2. The van der Waals surface area contributed by atoms with Crippen molar-refractivity contribution in [3.8, 4) is 0 Å². The van der Waals surface area contributed by atoms with Gasteiger partial charge in [0.2, 0.25) is 0 Å². The van der Waals surface area contributed by atoms with Crippen molar-refractivity contribution in [1.82, 2.24) is 9.55 Å². The molecule has 1 atom stereocenters. The number of nitrogens with one attached hydrogen (secondary N) is 1. The average Bonchev–Trinajstić information content (AvgIpc) is 3.12. The van der Waals surface area contributed by atoms with Crippen molar-refractivity contribution in [3.63, 3.8) is 0 Å². The smallest absolute Gasteiger partial charge is 0.274 e. The molecule has 6 nitrogen and oxygen atoms in total. The first-order valence-corrected chi connectivity index (χ1v) is 8.97. The van der Waals surface area contributed by atoms with Crippen molar-refractivity contribution >= 4 is 29.0 Å². The van der Waals surface area contributed by atoms with Crippen molar-refractivity contribution in [2.45, 2.75) is 19.0 Å². The van der Waals surface area contributed by atoms with Crippen LogP contribution in [0.3, 0.4) is 0 Å². The molecule has 0 aliphatic carbocycles. The summed E-state index contributed by atoms with van der Waals surface area (Å²) in [4.78, 5) is 20.9. The average molecular weight is 398 g/mol. The maximum Gasteiger partial charge on any atom is 0.274 e. The molecule has 1 aliphatic heterocycles. The van der Waals surface area contributed by atoms with E-state index in [0.717, 1.165) is 5.69 Å². The molecule has 0 bridgehead atoms. The number of benzene rings is 1. The van der Waals surface area contributed by atoms with Crippen LogP contribution in [0.15, 0.2) is 59.9 Å². The van der Waals surface area contributed by atoms with Crippen LogP contribution in [0.2, 0.25) is 5.02 Å². The summed E-state index contributed by atoms with van der Waals surface area (Å²) >= 11 is 5.80. The van der Waals surface area contributed by atoms with Gasteiger partial charge in [-0.25, -0.2) is 9.37 Å². The van der Waals surface area contributed by atoms with E-state index in [1.807, 2.05) is 29.8 Å². The van der Waals surface area contributed by atoms with E-state index in [-0.39, 0.29) is 5.69 Å². The fourth-order valence-electron chi connectivity index (χ4n) is 3.34. The summed E-state index contributed by atoms with van der Waals surface area (Å²) in [7, 11) is 0. The quantitative estimate of drug-likeness (QED) is 0.708. The van der Waals surface area contributed by atoms with Gasteiger partial charge in [-0.2, -0.15) is 0 Å². The number of hydrogen-bond donors (Lipinski definition) is 2. The first-order chi connectivity index (χ1) is 13.4. The zero-order chi connectivity index (χ0) is 19.9. The van der Waals surface area contributed by atoms with E-state index >= 15 is 0 Å². The van der Waals surface area contributed by atoms with Crippen LogP contribution in [0.1, 0.15) is 28.7 Å². The van der Waals surface area contributed by atoms with Crippen LogP contribution in [0.25, 0.3) is 0 Å². The highest BCUT2D eigenvalue weighted by Gasteiger charge is 2.34. The third-order valence-electron chi connectivity index (χ3n) is 4.70. The molecule has 1 unspecified atom stereocenters. The molecule has 3 heterocycles. The minimum absolute atomic E-state index is 0.207. The maximum absolute atomic E-state index is 14.7. The Morgan fingerprint density at radius 1 is 1.32 bits per heavy atom. The molecule has 4 rings (SSSR count). The van der Waals surface area contributed by atoms with Crippen LogP contribution in [0.5, 0.6) is 0 Å². The van der Waals surface area contributed by atoms with E-state index in [0.29, 0.717) is 28.7 Å². The van der Waals surface area contributed by atoms with E-state index < -0.39 is 17.3 Å². The second-order valence-electron chi connectivity index (χ2n) is 6.80. The normalized spacial score (nSPS) is 18.3. The number of aliphatic imine (C=N–C) groups is 1. The number of nitrogens with zero attached hydrogens (tertiary/aromatic N) is 3. The van der Waals surface area contributed by atoms with Crippen molar-refractivity contribution in [2.75, 3.05) is 5.32 Å². The predicted octanol–water partition coefficient (Wildman–Crippen LogP) is 3.56. The molecule has 0 saturated carbocycles. The lowest BCUT2D eigenvalue weighted by atomic mass is 9.90. The zero-order valence-corrected chi connectivity index (χ0v) is 15.7. The van der Waals surface area contributed by atoms with Gasteiger partial charge < -0.3 is 15.6 Å². The summed E-state index contributed by atoms with van der Waals surface area (Å²) in [5.74, 6) is -0.492. The summed E-state index contributed by atoms with van der Waals surface area (Å²) in [6.07, 6.45) is 3.27. The molecule has 142 valence electrons. The Bertz CT molecular complexity index is 1090. The number of carbonyl (C=O) groups excluding carboxylic acids is 1. The Morgan fingerprint density at radius 2 is 2.14 bits per heavy atom. The molecule has 0 fully saturated rings. The number of amides is 1. The van der Waals surface area contributed by atoms with Gasteiger partial charge >= 0.3 is 0 Å². The second-order valence-corrected chi connectivity index (χ2v) is 7.24. The Morgan fingerprint density at radius 3 is 2.89 bits per heavy atom. The molecule has 1 aliphatic rings. The Hall–Kier alpha value is -3.19. The zero-order valence-electron chi connectivity index (χ0n) is 15.0. The molecular weight excluding hydrogens is 381 g/mol. The number of aromatic nitrogens is 2. The van der Waals surface area contributed by atoms with E-state index in [4.69, 9.17) is 17.3 Å². The lowest BCUT2D eigenvalue weighted by Gasteiger charge is -2.32. The van der Waals surface area contributed by atoms with Crippen LogP contribution in [-0.2, 0) is 12.1 Å². The van der Waals surface area contributed by atoms with Crippen LogP contribution < -0.4 is 11.1 Å². The van der Waals surface area contributed by atoms with E-state index in [1.165, 1.54) is 24.4 Å². The van der Waals surface area contributed by atoms with Crippen molar-refractivity contribution in [1.29, 1.82) is 0 Å². The van der Waals surface area contributed by atoms with Gasteiger partial charge in [-0.3, -0.25) is 9.79 Å². The number of anilines is 1.